The number of hydrogen-bond acceptors (Lipinski definition) is 6. The molecule has 0 aliphatic carbocycles. The minimum Gasteiger partial charge on any atom is -0.368 e. The maximum atomic E-state index is 5.83. The summed E-state index contributed by atoms with van der Waals surface area (Å²) in [4.78, 5) is 15.4. The molecule has 0 unspecified atom stereocenters. The third-order valence-corrected chi connectivity index (χ3v) is 3.76. The molecular formula is C15H20N6. The molecule has 2 aromatic rings. The zero-order valence-corrected chi connectivity index (χ0v) is 12.2. The summed E-state index contributed by atoms with van der Waals surface area (Å²) < 4.78 is 0. The highest BCUT2D eigenvalue weighted by Gasteiger charge is 2.22. The van der Waals surface area contributed by atoms with E-state index >= 15 is 0 Å². The summed E-state index contributed by atoms with van der Waals surface area (Å²) in [6.45, 7) is 4.30. The Balaban J connectivity index is 1.82. The molecule has 0 spiro atoms. The predicted molar refractivity (Wildman–Crippen MR) is 83.2 cm³/mol. The lowest BCUT2D eigenvalue weighted by atomic mass is 10.3. The number of nitrogen functional groups attached to an aromatic ring is 1. The van der Waals surface area contributed by atoms with Crippen LogP contribution in [0.2, 0.25) is 0 Å². The molecule has 1 aliphatic heterocycles. The van der Waals surface area contributed by atoms with Crippen LogP contribution in [0.25, 0.3) is 0 Å². The van der Waals surface area contributed by atoms with E-state index in [9.17, 15) is 0 Å². The zero-order valence-electron chi connectivity index (χ0n) is 12.2. The molecule has 2 heterocycles. The van der Waals surface area contributed by atoms with E-state index in [2.05, 4.69) is 32.1 Å². The molecule has 1 aromatic heterocycles. The molecule has 21 heavy (non-hydrogen) atoms. The van der Waals surface area contributed by atoms with Crippen LogP contribution in [-0.2, 0) is 0 Å². The number of nitrogens with one attached hydrogen (secondary N) is 1. The summed E-state index contributed by atoms with van der Waals surface area (Å²) in [5, 5.41) is 3.17. The highest BCUT2D eigenvalue weighted by Crippen LogP contribution is 2.23. The Hall–Kier alpha value is -2.21. The number of likely N-dealkylation sites (tertiary alicyclic amines) is 1. The maximum Gasteiger partial charge on any atom is 0.232 e. The number of hydrogen-bond donors (Lipinski definition) is 2. The molecule has 1 fully saturated rings. The average Bonchev–Trinajstić information content (AvgIpc) is 3.01. The number of para-hydroxylation sites is 1. The third-order valence-electron chi connectivity index (χ3n) is 3.76. The standard InChI is InChI=1S/C15H20N6/c1-11(21-9-5-6-10-21)13-18-14(16)20-15(19-13)17-12-7-3-2-4-8-12/h2-4,7-8,11H,5-6,9-10H2,1H3,(H3,16,17,18,19,20)/t11-/m0/s1. The molecule has 6 nitrogen and oxygen atoms in total. The van der Waals surface area contributed by atoms with E-state index in [1.165, 1.54) is 12.8 Å². The van der Waals surface area contributed by atoms with Crippen LogP contribution in [0.4, 0.5) is 17.6 Å². The van der Waals surface area contributed by atoms with Crippen molar-refractivity contribution in [1.82, 2.24) is 19.9 Å². The second kappa shape index (κ2) is 6.05. The third kappa shape index (κ3) is 3.28. The maximum absolute atomic E-state index is 5.83. The molecule has 1 aromatic carbocycles. The summed E-state index contributed by atoms with van der Waals surface area (Å²) in [5.41, 5.74) is 6.76. The SMILES string of the molecule is C[C@@H](c1nc(N)nc(Nc2ccccc2)n1)N1CCCC1. The fourth-order valence-electron chi connectivity index (χ4n) is 2.59. The van der Waals surface area contributed by atoms with Gasteiger partial charge in [0.15, 0.2) is 5.82 Å². The van der Waals surface area contributed by atoms with Crippen molar-refractivity contribution in [3.05, 3.63) is 36.2 Å². The summed E-state index contributed by atoms with van der Waals surface area (Å²) in [6, 6.07) is 9.97. The van der Waals surface area contributed by atoms with Gasteiger partial charge in [-0.05, 0) is 45.0 Å². The normalized spacial score (nSPS) is 16.8. The summed E-state index contributed by atoms with van der Waals surface area (Å²) in [7, 11) is 0. The van der Waals surface area contributed by atoms with Gasteiger partial charge < -0.3 is 11.1 Å². The Morgan fingerprint density at radius 2 is 1.81 bits per heavy atom. The minimum absolute atomic E-state index is 0.161. The molecular weight excluding hydrogens is 264 g/mol. The Kier molecular flexibility index (Phi) is 3.96. The van der Waals surface area contributed by atoms with Gasteiger partial charge in [0.1, 0.15) is 0 Å². The van der Waals surface area contributed by atoms with Gasteiger partial charge in [0.25, 0.3) is 0 Å². The summed E-state index contributed by atoms with van der Waals surface area (Å²) in [6.07, 6.45) is 2.47. The second-order valence-electron chi connectivity index (χ2n) is 5.29. The van der Waals surface area contributed by atoms with Crippen LogP contribution < -0.4 is 11.1 Å². The van der Waals surface area contributed by atoms with Gasteiger partial charge in [-0.15, -0.1) is 0 Å². The van der Waals surface area contributed by atoms with Gasteiger partial charge >= 0.3 is 0 Å². The van der Waals surface area contributed by atoms with E-state index in [1.54, 1.807) is 0 Å². The number of benzene rings is 1. The molecule has 0 bridgehead atoms. The molecule has 6 heteroatoms. The Morgan fingerprint density at radius 3 is 2.52 bits per heavy atom. The van der Waals surface area contributed by atoms with Crippen LogP contribution in [-0.4, -0.2) is 32.9 Å². The lowest BCUT2D eigenvalue weighted by Gasteiger charge is -2.22. The zero-order chi connectivity index (χ0) is 14.7. The first-order valence-electron chi connectivity index (χ1n) is 7.30. The first kappa shape index (κ1) is 13.8. The van der Waals surface area contributed by atoms with E-state index in [0.29, 0.717) is 5.95 Å². The van der Waals surface area contributed by atoms with Crippen molar-refractivity contribution in [1.29, 1.82) is 0 Å². The average molecular weight is 284 g/mol. The van der Waals surface area contributed by atoms with E-state index in [0.717, 1.165) is 24.6 Å². The number of anilines is 3. The van der Waals surface area contributed by atoms with Crippen molar-refractivity contribution in [3.8, 4) is 0 Å². The van der Waals surface area contributed by atoms with Gasteiger partial charge in [-0.25, -0.2) is 0 Å². The van der Waals surface area contributed by atoms with Gasteiger partial charge in [-0.1, -0.05) is 18.2 Å². The first-order valence-corrected chi connectivity index (χ1v) is 7.30. The molecule has 3 N–H and O–H groups in total. The van der Waals surface area contributed by atoms with Crippen molar-refractivity contribution < 1.29 is 0 Å². The molecule has 1 atom stereocenters. The van der Waals surface area contributed by atoms with Crippen molar-refractivity contribution in [3.63, 3.8) is 0 Å². The van der Waals surface area contributed by atoms with Gasteiger partial charge in [0.05, 0.1) is 6.04 Å². The fourth-order valence-corrected chi connectivity index (χ4v) is 2.59. The smallest absolute Gasteiger partial charge is 0.232 e. The Morgan fingerprint density at radius 1 is 1.10 bits per heavy atom. The number of nitrogens with zero attached hydrogens (tertiary/aromatic N) is 4. The molecule has 1 aliphatic rings. The Labute approximate surface area is 124 Å². The van der Waals surface area contributed by atoms with Gasteiger partial charge in [-0.3, -0.25) is 4.90 Å². The molecule has 110 valence electrons. The molecule has 0 saturated carbocycles. The Bertz CT molecular complexity index is 594. The molecule has 3 rings (SSSR count). The highest BCUT2D eigenvalue weighted by atomic mass is 15.2. The largest absolute Gasteiger partial charge is 0.368 e. The molecule has 1 saturated heterocycles. The second-order valence-corrected chi connectivity index (χ2v) is 5.29. The molecule has 0 amide bonds. The van der Waals surface area contributed by atoms with Crippen LogP contribution in [0.1, 0.15) is 31.6 Å². The van der Waals surface area contributed by atoms with E-state index in [-0.39, 0.29) is 12.0 Å². The van der Waals surface area contributed by atoms with Crippen LogP contribution in [0.5, 0.6) is 0 Å². The molecule has 0 radical (unpaired) electrons. The van der Waals surface area contributed by atoms with Crippen LogP contribution in [0.3, 0.4) is 0 Å². The van der Waals surface area contributed by atoms with Crippen LogP contribution in [0.15, 0.2) is 30.3 Å². The number of rotatable bonds is 4. The van der Waals surface area contributed by atoms with E-state index in [4.69, 9.17) is 5.73 Å². The number of nitrogens with two attached hydrogens (primary N) is 1. The van der Waals surface area contributed by atoms with E-state index < -0.39 is 0 Å². The summed E-state index contributed by atoms with van der Waals surface area (Å²) >= 11 is 0. The topological polar surface area (TPSA) is 80.0 Å². The number of aromatic nitrogens is 3. The van der Waals surface area contributed by atoms with Crippen molar-refractivity contribution in [2.75, 3.05) is 24.1 Å². The lowest BCUT2D eigenvalue weighted by Crippen LogP contribution is -2.25. The quantitative estimate of drug-likeness (QED) is 0.897. The fraction of sp³-hybridized carbons (Fsp3) is 0.400. The van der Waals surface area contributed by atoms with Gasteiger partial charge in [0.2, 0.25) is 11.9 Å². The van der Waals surface area contributed by atoms with Crippen LogP contribution >= 0.6 is 0 Å². The monoisotopic (exact) mass is 284 g/mol. The summed E-state index contributed by atoms with van der Waals surface area (Å²) in [5.74, 6) is 1.47. The first-order chi connectivity index (χ1) is 10.2. The van der Waals surface area contributed by atoms with E-state index in [1.807, 2.05) is 30.3 Å². The predicted octanol–water partition coefficient (Wildman–Crippen LogP) is 2.35. The van der Waals surface area contributed by atoms with Crippen molar-refractivity contribution >= 4 is 17.6 Å². The lowest BCUT2D eigenvalue weighted by molar-refractivity contribution is 0.253. The van der Waals surface area contributed by atoms with Crippen molar-refractivity contribution in [2.24, 2.45) is 0 Å². The highest BCUT2D eigenvalue weighted by molar-refractivity contribution is 5.53. The van der Waals surface area contributed by atoms with Gasteiger partial charge in [0, 0.05) is 5.69 Å². The van der Waals surface area contributed by atoms with Crippen LogP contribution in [0, 0.1) is 0 Å². The minimum atomic E-state index is 0.161. The van der Waals surface area contributed by atoms with Crippen molar-refractivity contribution in [2.45, 2.75) is 25.8 Å². The van der Waals surface area contributed by atoms with Gasteiger partial charge in [-0.2, -0.15) is 15.0 Å².